The van der Waals surface area contributed by atoms with Gasteiger partial charge in [0.05, 0.1) is 18.2 Å². The molecule has 17 heavy (non-hydrogen) atoms. The van der Waals surface area contributed by atoms with Crippen molar-refractivity contribution >= 4 is 0 Å². The summed E-state index contributed by atoms with van der Waals surface area (Å²) in [5.41, 5.74) is 6.56. The van der Waals surface area contributed by atoms with E-state index in [2.05, 4.69) is 4.98 Å². The van der Waals surface area contributed by atoms with Crippen molar-refractivity contribution < 1.29 is 4.39 Å². The van der Waals surface area contributed by atoms with Gasteiger partial charge in [-0.15, -0.1) is 0 Å². The van der Waals surface area contributed by atoms with Crippen LogP contribution in [0.5, 0.6) is 0 Å². The van der Waals surface area contributed by atoms with E-state index in [9.17, 15) is 4.39 Å². The number of hydrogen-bond donors (Lipinski definition) is 1. The highest BCUT2D eigenvalue weighted by atomic mass is 19.1. The molecule has 2 N–H and O–H groups in total. The van der Waals surface area contributed by atoms with Crippen LogP contribution in [0, 0.1) is 17.1 Å². The van der Waals surface area contributed by atoms with Crippen LogP contribution in [0.3, 0.4) is 0 Å². The number of nitrogens with zero attached hydrogens (tertiary/aromatic N) is 3. The fraction of sp³-hybridized carbons (Fsp3) is 0.167. The molecule has 86 valence electrons. The molecule has 0 saturated heterocycles. The molecule has 0 aliphatic carbocycles. The molecular formula is C12H11FN4. The van der Waals surface area contributed by atoms with Gasteiger partial charge in [0.15, 0.2) is 0 Å². The third-order valence-corrected chi connectivity index (χ3v) is 2.42. The average Bonchev–Trinajstić information content (AvgIpc) is 2.75. The monoisotopic (exact) mass is 230 g/mol. The van der Waals surface area contributed by atoms with Crippen LogP contribution in [0.1, 0.15) is 17.0 Å². The van der Waals surface area contributed by atoms with Gasteiger partial charge >= 0.3 is 0 Å². The highest BCUT2D eigenvalue weighted by Crippen LogP contribution is 2.11. The SMILES string of the molecule is N#Cc1cc(F)cc(Cn2ccnc2CN)c1. The molecular weight excluding hydrogens is 219 g/mol. The molecule has 0 aliphatic rings. The summed E-state index contributed by atoms with van der Waals surface area (Å²) < 4.78 is 15.1. The lowest BCUT2D eigenvalue weighted by molar-refractivity contribution is 0.621. The van der Waals surface area contributed by atoms with Crippen molar-refractivity contribution in [2.75, 3.05) is 0 Å². The van der Waals surface area contributed by atoms with Gasteiger partial charge in [-0.25, -0.2) is 9.37 Å². The van der Waals surface area contributed by atoms with Gasteiger partial charge in [0.25, 0.3) is 0 Å². The van der Waals surface area contributed by atoms with Gasteiger partial charge < -0.3 is 10.3 Å². The minimum atomic E-state index is -0.409. The molecule has 0 bridgehead atoms. The number of nitriles is 1. The van der Waals surface area contributed by atoms with E-state index in [1.54, 1.807) is 18.5 Å². The van der Waals surface area contributed by atoms with Crippen molar-refractivity contribution in [1.82, 2.24) is 9.55 Å². The van der Waals surface area contributed by atoms with Crippen LogP contribution in [0.4, 0.5) is 4.39 Å². The van der Waals surface area contributed by atoms with Crippen molar-refractivity contribution in [3.05, 3.63) is 53.4 Å². The number of hydrogen-bond acceptors (Lipinski definition) is 3. The molecule has 1 aromatic carbocycles. The second kappa shape index (κ2) is 4.76. The Morgan fingerprint density at radius 1 is 1.41 bits per heavy atom. The first kappa shape index (κ1) is 11.3. The van der Waals surface area contributed by atoms with Gasteiger partial charge in [0, 0.05) is 18.9 Å². The fourth-order valence-corrected chi connectivity index (χ4v) is 1.68. The molecule has 1 heterocycles. The molecule has 0 radical (unpaired) electrons. The van der Waals surface area contributed by atoms with E-state index in [4.69, 9.17) is 11.0 Å². The minimum Gasteiger partial charge on any atom is -0.329 e. The lowest BCUT2D eigenvalue weighted by Crippen LogP contribution is -2.09. The van der Waals surface area contributed by atoms with Gasteiger partial charge in [-0.3, -0.25) is 0 Å². The zero-order valence-electron chi connectivity index (χ0n) is 9.10. The van der Waals surface area contributed by atoms with Crippen molar-refractivity contribution in [2.24, 2.45) is 5.73 Å². The van der Waals surface area contributed by atoms with Crippen LogP contribution >= 0.6 is 0 Å². The summed E-state index contributed by atoms with van der Waals surface area (Å²) in [4.78, 5) is 4.08. The van der Waals surface area contributed by atoms with Crippen LogP contribution in [-0.4, -0.2) is 9.55 Å². The Morgan fingerprint density at radius 2 is 2.24 bits per heavy atom. The van der Waals surface area contributed by atoms with Crippen LogP contribution in [0.15, 0.2) is 30.6 Å². The lowest BCUT2D eigenvalue weighted by Gasteiger charge is -2.07. The van der Waals surface area contributed by atoms with E-state index >= 15 is 0 Å². The summed E-state index contributed by atoms with van der Waals surface area (Å²) >= 11 is 0. The number of halogens is 1. The standard InChI is InChI=1S/C12H11FN4/c13-11-4-9(6-14)3-10(5-11)8-17-2-1-16-12(17)7-15/h1-5H,7-8,15H2. The zero-order chi connectivity index (χ0) is 12.3. The van der Waals surface area contributed by atoms with Gasteiger partial charge in [-0.2, -0.15) is 5.26 Å². The van der Waals surface area contributed by atoms with Gasteiger partial charge in [0.1, 0.15) is 11.6 Å². The van der Waals surface area contributed by atoms with E-state index < -0.39 is 5.82 Å². The second-order valence-corrected chi connectivity index (χ2v) is 3.64. The van der Waals surface area contributed by atoms with E-state index in [0.717, 1.165) is 5.82 Å². The van der Waals surface area contributed by atoms with Gasteiger partial charge in [-0.05, 0) is 23.8 Å². The highest BCUT2D eigenvalue weighted by molar-refractivity contribution is 5.33. The van der Waals surface area contributed by atoms with Crippen LogP contribution in [0.25, 0.3) is 0 Å². The number of aromatic nitrogens is 2. The average molecular weight is 230 g/mol. The first-order valence-electron chi connectivity index (χ1n) is 5.12. The van der Waals surface area contributed by atoms with E-state index in [1.807, 2.05) is 10.6 Å². The highest BCUT2D eigenvalue weighted by Gasteiger charge is 2.04. The van der Waals surface area contributed by atoms with Gasteiger partial charge in [-0.1, -0.05) is 0 Å². The maximum Gasteiger partial charge on any atom is 0.124 e. The molecule has 5 heteroatoms. The minimum absolute atomic E-state index is 0.314. The third kappa shape index (κ3) is 2.49. The Morgan fingerprint density at radius 3 is 2.94 bits per heavy atom. The third-order valence-electron chi connectivity index (χ3n) is 2.42. The van der Waals surface area contributed by atoms with Crippen molar-refractivity contribution in [1.29, 1.82) is 5.26 Å². The van der Waals surface area contributed by atoms with Gasteiger partial charge in [0.2, 0.25) is 0 Å². The summed E-state index contributed by atoms with van der Waals surface area (Å²) in [7, 11) is 0. The number of rotatable bonds is 3. The molecule has 0 aliphatic heterocycles. The quantitative estimate of drug-likeness (QED) is 0.866. The molecule has 0 fully saturated rings. The molecule has 0 atom stereocenters. The summed E-state index contributed by atoms with van der Waals surface area (Å²) in [6, 6.07) is 6.20. The molecule has 0 saturated carbocycles. The number of imidazole rings is 1. The molecule has 0 spiro atoms. The zero-order valence-corrected chi connectivity index (χ0v) is 9.10. The lowest BCUT2D eigenvalue weighted by atomic mass is 10.1. The Bertz CT molecular complexity index is 568. The summed E-state index contributed by atoms with van der Waals surface area (Å²) in [5, 5.41) is 8.76. The van der Waals surface area contributed by atoms with E-state index in [0.29, 0.717) is 24.2 Å². The smallest absolute Gasteiger partial charge is 0.124 e. The molecule has 2 aromatic rings. The summed E-state index contributed by atoms with van der Waals surface area (Å²) in [6.45, 7) is 0.784. The largest absolute Gasteiger partial charge is 0.329 e. The van der Waals surface area contributed by atoms with E-state index in [1.165, 1.54) is 12.1 Å². The van der Waals surface area contributed by atoms with Crippen molar-refractivity contribution in [3.63, 3.8) is 0 Å². The number of benzene rings is 1. The second-order valence-electron chi connectivity index (χ2n) is 3.64. The number of nitrogens with two attached hydrogens (primary N) is 1. The van der Waals surface area contributed by atoms with Crippen LogP contribution < -0.4 is 5.73 Å². The topological polar surface area (TPSA) is 67.6 Å². The van der Waals surface area contributed by atoms with Crippen LogP contribution in [0.2, 0.25) is 0 Å². The Labute approximate surface area is 98.1 Å². The maximum absolute atomic E-state index is 13.2. The maximum atomic E-state index is 13.2. The molecule has 0 amide bonds. The van der Waals surface area contributed by atoms with Crippen molar-refractivity contribution in [3.8, 4) is 6.07 Å². The van der Waals surface area contributed by atoms with E-state index in [-0.39, 0.29) is 0 Å². The summed E-state index contributed by atoms with van der Waals surface area (Å²) in [5.74, 6) is 0.321. The molecule has 1 aromatic heterocycles. The molecule has 0 unspecified atom stereocenters. The van der Waals surface area contributed by atoms with Crippen LogP contribution in [-0.2, 0) is 13.1 Å². The first-order chi connectivity index (χ1) is 8.22. The normalized spacial score (nSPS) is 10.2. The Balaban J connectivity index is 2.30. The first-order valence-corrected chi connectivity index (χ1v) is 5.12. The molecule has 2 rings (SSSR count). The Kier molecular flexibility index (Phi) is 3.17. The Hall–Kier alpha value is -2.19. The summed E-state index contributed by atoms with van der Waals surface area (Å²) in [6.07, 6.45) is 3.42. The predicted octanol–water partition coefficient (Wildman–Crippen LogP) is 1.40. The fourth-order valence-electron chi connectivity index (χ4n) is 1.68. The predicted molar refractivity (Wildman–Crippen MR) is 60.3 cm³/mol. The van der Waals surface area contributed by atoms with Crippen molar-refractivity contribution in [2.45, 2.75) is 13.1 Å². The molecule has 4 nitrogen and oxygen atoms in total.